The normalized spacial score (nSPS) is 20.0. The van der Waals surface area contributed by atoms with E-state index in [0.29, 0.717) is 5.25 Å². The molecule has 2 N–H and O–H groups in total. The lowest BCUT2D eigenvalue weighted by Gasteiger charge is -2.22. The van der Waals surface area contributed by atoms with Crippen LogP contribution in [0.2, 0.25) is 0 Å². The van der Waals surface area contributed by atoms with Crippen LogP contribution in [0.5, 0.6) is 0 Å². The number of nitrogens with two attached hydrogens (primary N) is 1. The summed E-state index contributed by atoms with van der Waals surface area (Å²) in [5.41, 5.74) is 11.1. The summed E-state index contributed by atoms with van der Waals surface area (Å²) in [5, 5.41) is 0.677. The summed E-state index contributed by atoms with van der Waals surface area (Å²) in [7, 11) is 0. The van der Waals surface area contributed by atoms with Crippen molar-refractivity contribution in [3.8, 4) is 0 Å². The predicted octanol–water partition coefficient (Wildman–Crippen LogP) is 3.35. The van der Waals surface area contributed by atoms with E-state index in [9.17, 15) is 0 Å². The minimum absolute atomic E-state index is 0.677. The molecule has 2 nitrogen and oxygen atoms in total. The molecule has 2 aromatic rings. The van der Waals surface area contributed by atoms with E-state index >= 15 is 0 Å². The van der Waals surface area contributed by atoms with Gasteiger partial charge in [-0.3, -0.25) is 0 Å². The zero-order valence-corrected chi connectivity index (χ0v) is 12.2. The lowest BCUT2D eigenvalue weighted by Crippen LogP contribution is -2.29. The Morgan fingerprint density at radius 2 is 2.05 bits per heavy atom. The van der Waals surface area contributed by atoms with Crippen LogP contribution in [-0.4, -0.2) is 18.3 Å². The maximum atomic E-state index is 5.87. The predicted molar refractivity (Wildman–Crippen MR) is 86.6 cm³/mol. The van der Waals surface area contributed by atoms with E-state index in [1.54, 1.807) is 0 Å². The maximum absolute atomic E-state index is 5.87. The first kappa shape index (κ1) is 12.2. The molecule has 2 aromatic carbocycles. The van der Waals surface area contributed by atoms with Crippen molar-refractivity contribution in [2.24, 2.45) is 0 Å². The van der Waals surface area contributed by atoms with Gasteiger partial charge in [-0.25, -0.2) is 0 Å². The van der Waals surface area contributed by atoms with Crippen LogP contribution in [-0.2, 0) is 12.8 Å². The van der Waals surface area contributed by atoms with Crippen LogP contribution in [0.25, 0.3) is 0 Å². The average Bonchev–Trinajstić information content (AvgIpc) is 3.02. The fourth-order valence-electron chi connectivity index (χ4n) is 3.28. The van der Waals surface area contributed by atoms with Gasteiger partial charge in [-0.1, -0.05) is 18.2 Å². The first-order valence-electron chi connectivity index (χ1n) is 7.17. The summed E-state index contributed by atoms with van der Waals surface area (Å²) in [6.45, 7) is 2.27. The Kier molecular flexibility index (Phi) is 2.88. The van der Waals surface area contributed by atoms with Gasteiger partial charge in [-0.15, -0.1) is 11.8 Å². The highest BCUT2D eigenvalue weighted by atomic mass is 32.2. The highest BCUT2D eigenvalue weighted by molar-refractivity contribution is 8.00. The van der Waals surface area contributed by atoms with Gasteiger partial charge in [0.2, 0.25) is 0 Å². The highest BCUT2D eigenvalue weighted by Crippen LogP contribution is 2.39. The van der Waals surface area contributed by atoms with E-state index in [-0.39, 0.29) is 0 Å². The van der Waals surface area contributed by atoms with E-state index in [1.165, 1.54) is 28.1 Å². The Labute approximate surface area is 124 Å². The molecule has 1 atom stereocenters. The average molecular weight is 282 g/mol. The van der Waals surface area contributed by atoms with Crippen molar-refractivity contribution in [3.63, 3.8) is 0 Å². The number of hydrogen-bond donors (Lipinski definition) is 1. The molecule has 102 valence electrons. The molecule has 0 fully saturated rings. The second-order valence-electron chi connectivity index (χ2n) is 5.64. The van der Waals surface area contributed by atoms with Crippen molar-refractivity contribution in [2.45, 2.75) is 23.0 Å². The third-order valence-corrected chi connectivity index (χ3v) is 5.53. The quantitative estimate of drug-likeness (QED) is 0.857. The Morgan fingerprint density at radius 3 is 2.95 bits per heavy atom. The first-order valence-corrected chi connectivity index (χ1v) is 8.05. The molecule has 0 spiro atoms. The molecule has 4 rings (SSSR count). The Morgan fingerprint density at radius 1 is 1.15 bits per heavy atom. The third-order valence-electron chi connectivity index (χ3n) is 4.23. The molecule has 0 radical (unpaired) electrons. The molecule has 2 aliphatic rings. The number of rotatable bonds is 2. The summed E-state index contributed by atoms with van der Waals surface area (Å²) in [6.07, 6.45) is 2.33. The number of benzene rings is 2. The molecule has 3 heteroatoms. The molecule has 0 aromatic heterocycles. The molecule has 0 aliphatic carbocycles. The SMILES string of the molecule is Nc1ccc2c(c1)CCN2CC1Cc2ccccc2S1. The molecule has 0 amide bonds. The number of fused-ring (bicyclic) bond motifs is 2. The number of nitrogen functional groups attached to an aromatic ring is 1. The zero-order chi connectivity index (χ0) is 13.5. The summed E-state index contributed by atoms with van der Waals surface area (Å²) < 4.78 is 0. The fourth-order valence-corrected chi connectivity index (χ4v) is 4.62. The lowest BCUT2D eigenvalue weighted by molar-refractivity contribution is 0.773. The lowest BCUT2D eigenvalue weighted by atomic mass is 10.1. The monoisotopic (exact) mass is 282 g/mol. The Bertz CT molecular complexity index is 628. The maximum Gasteiger partial charge on any atom is 0.0401 e. The highest BCUT2D eigenvalue weighted by Gasteiger charge is 2.27. The van der Waals surface area contributed by atoms with E-state index in [0.717, 1.165) is 25.2 Å². The van der Waals surface area contributed by atoms with Gasteiger partial charge in [0.05, 0.1) is 0 Å². The molecular weight excluding hydrogens is 264 g/mol. The smallest absolute Gasteiger partial charge is 0.0401 e. The van der Waals surface area contributed by atoms with E-state index in [4.69, 9.17) is 5.73 Å². The topological polar surface area (TPSA) is 29.3 Å². The molecule has 20 heavy (non-hydrogen) atoms. The van der Waals surface area contributed by atoms with Crippen molar-refractivity contribution in [1.82, 2.24) is 0 Å². The summed E-state index contributed by atoms with van der Waals surface area (Å²) in [6, 6.07) is 15.1. The summed E-state index contributed by atoms with van der Waals surface area (Å²) >= 11 is 2.03. The largest absolute Gasteiger partial charge is 0.399 e. The van der Waals surface area contributed by atoms with Crippen LogP contribution in [0.4, 0.5) is 11.4 Å². The van der Waals surface area contributed by atoms with Crippen molar-refractivity contribution in [3.05, 3.63) is 53.6 Å². The Hall–Kier alpha value is -1.61. The van der Waals surface area contributed by atoms with E-state index in [1.807, 2.05) is 17.8 Å². The number of anilines is 2. The van der Waals surface area contributed by atoms with Gasteiger partial charge < -0.3 is 10.6 Å². The summed E-state index contributed by atoms with van der Waals surface area (Å²) in [4.78, 5) is 3.99. The van der Waals surface area contributed by atoms with E-state index in [2.05, 4.69) is 41.3 Å². The van der Waals surface area contributed by atoms with Crippen molar-refractivity contribution in [1.29, 1.82) is 0 Å². The second-order valence-corrected chi connectivity index (χ2v) is 6.98. The molecular formula is C17H18N2S. The van der Waals surface area contributed by atoms with Crippen molar-refractivity contribution in [2.75, 3.05) is 23.7 Å². The van der Waals surface area contributed by atoms with Crippen LogP contribution in [0.1, 0.15) is 11.1 Å². The fraction of sp³-hybridized carbons (Fsp3) is 0.294. The standard InChI is InChI=1S/C17H18N2S/c18-14-5-6-16-12(9-14)7-8-19(16)11-15-10-13-3-1-2-4-17(13)20-15/h1-6,9,15H,7-8,10-11,18H2. The van der Waals surface area contributed by atoms with Gasteiger partial charge in [0.25, 0.3) is 0 Å². The molecule has 0 bridgehead atoms. The minimum Gasteiger partial charge on any atom is -0.399 e. The van der Waals surface area contributed by atoms with Crippen LogP contribution >= 0.6 is 11.8 Å². The number of nitrogens with zero attached hydrogens (tertiary/aromatic N) is 1. The van der Waals surface area contributed by atoms with Gasteiger partial charge in [0.15, 0.2) is 0 Å². The van der Waals surface area contributed by atoms with Gasteiger partial charge in [0.1, 0.15) is 0 Å². The molecule has 0 saturated heterocycles. The van der Waals surface area contributed by atoms with Gasteiger partial charge in [-0.05, 0) is 48.2 Å². The third kappa shape index (κ3) is 2.06. The Balaban J connectivity index is 1.50. The van der Waals surface area contributed by atoms with Crippen LogP contribution < -0.4 is 10.6 Å². The molecule has 2 heterocycles. The van der Waals surface area contributed by atoms with E-state index < -0.39 is 0 Å². The van der Waals surface area contributed by atoms with Crippen LogP contribution in [0.3, 0.4) is 0 Å². The van der Waals surface area contributed by atoms with Gasteiger partial charge in [-0.2, -0.15) is 0 Å². The molecule has 2 aliphatic heterocycles. The van der Waals surface area contributed by atoms with Gasteiger partial charge >= 0.3 is 0 Å². The number of thioether (sulfide) groups is 1. The summed E-state index contributed by atoms with van der Waals surface area (Å²) in [5.74, 6) is 0. The molecule has 0 saturated carbocycles. The van der Waals surface area contributed by atoms with Gasteiger partial charge in [0, 0.05) is 34.6 Å². The first-order chi connectivity index (χ1) is 9.79. The second kappa shape index (κ2) is 4.74. The van der Waals surface area contributed by atoms with Crippen LogP contribution in [0.15, 0.2) is 47.4 Å². The van der Waals surface area contributed by atoms with Crippen molar-refractivity contribution < 1.29 is 0 Å². The minimum atomic E-state index is 0.677. The van der Waals surface area contributed by atoms with Crippen molar-refractivity contribution >= 4 is 23.1 Å². The zero-order valence-electron chi connectivity index (χ0n) is 11.4. The van der Waals surface area contributed by atoms with Crippen LogP contribution in [0, 0.1) is 0 Å². The molecule has 1 unspecified atom stereocenters. The number of hydrogen-bond acceptors (Lipinski definition) is 3.